The van der Waals surface area contributed by atoms with Crippen LogP contribution in [0.5, 0.6) is 0 Å². The van der Waals surface area contributed by atoms with Crippen LogP contribution < -0.4 is 5.32 Å². The van der Waals surface area contributed by atoms with Crippen LogP contribution >= 0.6 is 0 Å². The van der Waals surface area contributed by atoms with Crippen molar-refractivity contribution < 1.29 is 28.6 Å². The number of aliphatic hydroxyl groups is 1. The van der Waals surface area contributed by atoms with Gasteiger partial charge in [-0.05, 0) is 61.1 Å². The van der Waals surface area contributed by atoms with Gasteiger partial charge in [0.1, 0.15) is 12.4 Å². The van der Waals surface area contributed by atoms with Gasteiger partial charge in [-0.15, -0.1) is 0 Å². The molecule has 1 atom stereocenters. The van der Waals surface area contributed by atoms with Gasteiger partial charge in [0.15, 0.2) is 5.76 Å². The van der Waals surface area contributed by atoms with Crippen LogP contribution in [0.1, 0.15) is 34.4 Å². The van der Waals surface area contributed by atoms with Gasteiger partial charge < -0.3 is 24.5 Å². The van der Waals surface area contributed by atoms with E-state index in [0.717, 1.165) is 4.90 Å². The van der Waals surface area contributed by atoms with Gasteiger partial charge in [0, 0.05) is 25.2 Å². The standard InChI is InChI=1S/C23H22N2O6/c1-4-30-23(29)20(21(27)24-2)25(3)22(28)17-11-9-16(10-12-17)7-5-6-8-18-13-14-19(15-26)31-18/h9-14,20,26H,4,15H2,1-3H3,(H,24,27). The molecule has 0 radical (unpaired) electrons. The Morgan fingerprint density at radius 2 is 1.81 bits per heavy atom. The Labute approximate surface area is 180 Å². The average molecular weight is 422 g/mol. The summed E-state index contributed by atoms with van der Waals surface area (Å²) < 4.78 is 10.1. The number of esters is 1. The summed E-state index contributed by atoms with van der Waals surface area (Å²) in [6.45, 7) is 1.51. The van der Waals surface area contributed by atoms with Gasteiger partial charge in [0.2, 0.25) is 6.04 Å². The van der Waals surface area contributed by atoms with Gasteiger partial charge >= 0.3 is 5.97 Å². The van der Waals surface area contributed by atoms with E-state index in [2.05, 4.69) is 29.0 Å². The maximum atomic E-state index is 12.7. The van der Waals surface area contributed by atoms with E-state index in [-0.39, 0.29) is 18.8 Å². The number of hydrogen-bond donors (Lipinski definition) is 2. The Bertz CT molecular complexity index is 1060. The molecule has 2 amide bonds. The highest BCUT2D eigenvalue weighted by Crippen LogP contribution is 2.10. The van der Waals surface area contributed by atoms with E-state index in [1.54, 1.807) is 43.3 Å². The summed E-state index contributed by atoms with van der Waals surface area (Å²) in [5.41, 5.74) is 0.904. The number of aliphatic hydroxyl groups excluding tert-OH is 1. The lowest BCUT2D eigenvalue weighted by Gasteiger charge is -2.25. The number of hydrogen-bond acceptors (Lipinski definition) is 6. The zero-order valence-electron chi connectivity index (χ0n) is 17.4. The van der Waals surface area contributed by atoms with Crippen LogP contribution in [-0.4, -0.2) is 54.5 Å². The van der Waals surface area contributed by atoms with E-state index >= 15 is 0 Å². The van der Waals surface area contributed by atoms with Gasteiger partial charge in [-0.3, -0.25) is 9.59 Å². The maximum Gasteiger partial charge on any atom is 0.338 e. The molecule has 31 heavy (non-hydrogen) atoms. The van der Waals surface area contributed by atoms with Crippen molar-refractivity contribution in [3.63, 3.8) is 0 Å². The number of nitrogens with one attached hydrogen (secondary N) is 1. The van der Waals surface area contributed by atoms with Crippen molar-refractivity contribution in [3.05, 3.63) is 59.0 Å². The highest BCUT2D eigenvalue weighted by Gasteiger charge is 2.34. The largest absolute Gasteiger partial charge is 0.464 e. The zero-order valence-corrected chi connectivity index (χ0v) is 17.4. The summed E-state index contributed by atoms with van der Waals surface area (Å²) in [6, 6.07) is 8.23. The van der Waals surface area contributed by atoms with Gasteiger partial charge in [-0.2, -0.15) is 0 Å². The second kappa shape index (κ2) is 11.2. The number of carbonyl (C=O) groups excluding carboxylic acids is 3. The first-order valence-corrected chi connectivity index (χ1v) is 9.38. The van der Waals surface area contributed by atoms with Crippen molar-refractivity contribution in [2.24, 2.45) is 0 Å². The Balaban J connectivity index is 2.11. The number of benzene rings is 1. The van der Waals surface area contributed by atoms with Crippen LogP contribution in [0.4, 0.5) is 0 Å². The number of furan rings is 1. The Kier molecular flexibility index (Phi) is 8.44. The monoisotopic (exact) mass is 422 g/mol. The normalized spacial score (nSPS) is 10.6. The van der Waals surface area contributed by atoms with Gasteiger partial charge in [0.05, 0.1) is 6.61 Å². The first-order valence-electron chi connectivity index (χ1n) is 9.38. The topological polar surface area (TPSA) is 109 Å². The van der Waals surface area contributed by atoms with Crippen LogP contribution in [0.25, 0.3) is 0 Å². The Morgan fingerprint density at radius 3 is 2.39 bits per heavy atom. The van der Waals surface area contributed by atoms with Crippen LogP contribution in [0, 0.1) is 23.7 Å². The van der Waals surface area contributed by atoms with Gasteiger partial charge in [0.25, 0.3) is 11.8 Å². The molecule has 1 heterocycles. The Morgan fingerprint density at radius 1 is 1.13 bits per heavy atom. The molecular weight excluding hydrogens is 400 g/mol. The van der Waals surface area contributed by atoms with E-state index in [0.29, 0.717) is 17.1 Å². The molecule has 0 bridgehead atoms. The molecule has 1 aromatic heterocycles. The molecule has 0 aliphatic rings. The summed E-state index contributed by atoms with van der Waals surface area (Å²) >= 11 is 0. The third-order valence-corrected chi connectivity index (χ3v) is 4.12. The summed E-state index contributed by atoms with van der Waals surface area (Å²) in [7, 11) is 2.74. The minimum Gasteiger partial charge on any atom is -0.464 e. The first kappa shape index (κ1) is 23.3. The fourth-order valence-corrected chi connectivity index (χ4v) is 2.54. The number of rotatable bonds is 6. The lowest BCUT2D eigenvalue weighted by molar-refractivity contribution is -0.152. The van der Waals surface area contributed by atoms with Crippen molar-refractivity contribution in [2.75, 3.05) is 20.7 Å². The van der Waals surface area contributed by atoms with E-state index in [9.17, 15) is 14.4 Å². The third kappa shape index (κ3) is 6.23. The second-order valence-corrected chi connectivity index (χ2v) is 6.19. The summed E-state index contributed by atoms with van der Waals surface area (Å²) in [5.74, 6) is 9.74. The molecule has 0 aliphatic heterocycles. The summed E-state index contributed by atoms with van der Waals surface area (Å²) in [5, 5.41) is 11.3. The number of amides is 2. The molecule has 2 aromatic rings. The number of nitrogens with zero attached hydrogens (tertiary/aromatic N) is 1. The zero-order chi connectivity index (χ0) is 22.8. The van der Waals surface area contributed by atoms with E-state index in [1.165, 1.54) is 14.1 Å². The van der Waals surface area contributed by atoms with E-state index < -0.39 is 23.8 Å². The summed E-state index contributed by atoms with van der Waals surface area (Å²) in [4.78, 5) is 37.9. The predicted octanol–water partition coefficient (Wildman–Crippen LogP) is 0.925. The van der Waals surface area contributed by atoms with Crippen LogP contribution in [0.3, 0.4) is 0 Å². The van der Waals surface area contributed by atoms with Crippen molar-refractivity contribution in [1.82, 2.24) is 10.2 Å². The van der Waals surface area contributed by atoms with Crippen molar-refractivity contribution in [1.29, 1.82) is 0 Å². The number of likely N-dealkylation sites (N-methyl/N-ethyl adjacent to an activating group) is 2. The van der Waals surface area contributed by atoms with Crippen molar-refractivity contribution in [2.45, 2.75) is 19.6 Å². The second-order valence-electron chi connectivity index (χ2n) is 6.19. The minimum absolute atomic E-state index is 0.0904. The maximum absolute atomic E-state index is 12.7. The van der Waals surface area contributed by atoms with Crippen molar-refractivity contribution in [3.8, 4) is 23.7 Å². The lowest BCUT2D eigenvalue weighted by atomic mass is 10.1. The van der Waals surface area contributed by atoms with E-state index in [4.69, 9.17) is 14.3 Å². The molecule has 2 N–H and O–H groups in total. The fraction of sp³-hybridized carbons (Fsp3) is 0.261. The van der Waals surface area contributed by atoms with Crippen molar-refractivity contribution >= 4 is 17.8 Å². The van der Waals surface area contributed by atoms with Crippen LogP contribution in [0.2, 0.25) is 0 Å². The molecule has 1 aromatic carbocycles. The number of carbonyl (C=O) groups is 3. The molecule has 8 heteroatoms. The molecule has 0 saturated heterocycles. The molecule has 0 saturated carbocycles. The molecule has 0 aliphatic carbocycles. The molecule has 0 fully saturated rings. The molecule has 1 unspecified atom stereocenters. The predicted molar refractivity (Wildman–Crippen MR) is 111 cm³/mol. The SMILES string of the molecule is CCOC(=O)C(C(=O)NC)N(C)C(=O)c1ccc(C#CC#Cc2ccc(CO)o2)cc1. The highest BCUT2D eigenvalue weighted by atomic mass is 16.5. The van der Waals surface area contributed by atoms with Gasteiger partial charge in [-0.1, -0.05) is 5.92 Å². The molecular formula is C23H22N2O6. The Hall–Kier alpha value is -4.01. The summed E-state index contributed by atoms with van der Waals surface area (Å²) in [6.07, 6.45) is 0. The van der Waals surface area contributed by atoms with E-state index in [1.807, 2.05) is 0 Å². The molecule has 160 valence electrons. The molecule has 2 rings (SSSR count). The molecule has 8 nitrogen and oxygen atoms in total. The first-order chi connectivity index (χ1) is 14.9. The fourth-order valence-electron chi connectivity index (χ4n) is 2.54. The van der Waals surface area contributed by atoms with Gasteiger partial charge in [-0.25, -0.2) is 4.79 Å². The van der Waals surface area contributed by atoms with Crippen LogP contribution in [0.15, 0.2) is 40.8 Å². The van der Waals surface area contributed by atoms with Crippen LogP contribution in [-0.2, 0) is 20.9 Å². The smallest absolute Gasteiger partial charge is 0.338 e. The molecule has 0 spiro atoms. The number of ether oxygens (including phenoxy) is 1. The minimum atomic E-state index is -1.39. The third-order valence-electron chi connectivity index (χ3n) is 4.12. The average Bonchev–Trinajstić information content (AvgIpc) is 3.24. The lowest BCUT2D eigenvalue weighted by Crippen LogP contribution is -2.52. The quantitative estimate of drug-likeness (QED) is 0.407. The highest BCUT2D eigenvalue weighted by molar-refractivity contribution is 6.07.